The second kappa shape index (κ2) is 6.75. The molecule has 0 aromatic carbocycles. The standard InChI is InChI=1S/C24H30N6O2/c1-21(2)23(5,6)29(31)19(27-21)17-13-9-11-15(25-17)16-12-10-14-18(26-16)20-28-22(3,4)24(7,8)30(20)32/h9-14H,1-8H3. The van der Waals surface area contributed by atoms with Crippen LogP contribution in [0.2, 0.25) is 0 Å². The lowest BCUT2D eigenvalue weighted by Gasteiger charge is -2.45. The van der Waals surface area contributed by atoms with E-state index in [4.69, 9.17) is 0 Å². The quantitative estimate of drug-likeness (QED) is 0.669. The van der Waals surface area contributed by atoms with Crippen LogP contribution in [0.3, 0.4) is 0 Å². The van der Waals surface area contributed by atoms with Crippen molar-refractivity contribution in [2.75, 3.05) is 0 Å². The number of amidine groups is 2. The Balaban J connectivity index is 1.73. The summed E-state index contributed by atoms with van der Waals surface area (Å²) in [7, 11) is 0. The molecule has 2 aliphatic rings. The zero-order chi connectivity index (χ0) is 23.7. The van der Waals surface area contributed by atoms with Crippen LogP contribution in [0.5, 0.6) is 0 Å². The Morgan fingerprint density at radius 2 is 1.25 bits per heavy atom. The van der Waals surface area contributed by atoms with E-state index in [1.54, 1.807) is 12.1 Å². The van der Waals surface area contributed by atoms with E-state index in [0.717, 1.165) is 9.82 Å². The van der Waals surface area contributed by atoms with Gasteiger partial charge >= 0.3 is 5.84 Å². The van der Waals surface area contributed by atoms with Crippen molar-refractivity contribution < 1.29 is 4.76 Å². The highest BCUT2D eigenvalue weighted by atomic mass is 16.5. The van der Waals surface area contributed by atoms with Crippen LogP contribution in [0.15, 0.2) is 46.4 Å². The normalized spacial score (nSPS) is 22.7. The smallest absolute Gasteiger partial charge is 0.382 e. The summed E-state index contributed by atoms with van der Waals surface area (Å²) in [6.07, 6.45) is 0. The molecular weight excluding hydrogens is 404 g/mol. The van der Waals surface area contributed by atoms with Gasteiger partial charge in [0.15, 0.2) is 16.8 Å². The molecular formula is C24H30N6O2. The molecule has 0 bridgehead atoms. The number of nitroso groups, excluding NO2 is 1. The van der Waals surface area contributed by atoms with Crippen LogP contribution in [0, 0.1) is 10.1 Å². The van der Waals surface area contributed by atoms with Gasteiger partial charge in [-0.05, 0) is 84.4 Å². The van der Waals surface area contributed by atoms with Gasteiger partial charge in [0, 0.05) is 5.54 Å². The van der Waals surface area contributed by atoms with E-state index in [1.807, 2.05) is 79.7 Å². The Hall–Kier alpha value is -3.00. The summed E-state index contributed by atoms with van der Waals surface area (Å²) in [6.45, 7) is 15.3. The first kappa shape index (κ1) is 22.2. The molecule has 0 amide bonds. The van der Waals surface area contributed by atoms with Crippen molar-refractivity contribution >= 4 is 11.7 Å². The van der Waals surface area contributed by atoms with E-state index in [0.29, 0.717) is 34.4 Å². The van der Waals surface area contributed by atoms with Gasteiger partial charge in [0.2, 0.25) is 0 Å². The van der Waals surface area contributed by atoms with Gasteiger partial charge in [-0.15, -0.1) is 0 Å². The molecule has 2 aliphatic heterocycles. The summed E-state index contributed by atoms with van der Waals surface area (Å²) in [5, 5.41) is 13.9. The monoisotopic (exact) mass is 434 g/mol. The maximum absolute atomic E-state index is 13.0. The molecule has 0 fully saturated rings. The minimum atomic E-state index is -0.685. The van der Waals surface area contributed by atoms with Crippen LogP contribution in [-0.4, -0.2) is 53.6 Å². The number of hydrogen-bond donors (Lipinski definition) is 0. The first-order valence-corrected chi connectivity index (χ1v) is 10.8. The zero-order valence-electron chi connectivity index (χ0n) is 20.0. The van der Waals surface area contributed by atoms with Gasteiger partial charge in [0.05, 0.1) is 16.9 Å². The second-order valence-electron chi connectivity index (χ2n) is 10.5. The lowest BCUT2D eigenvalue weighted by atomic mass is 9.84. The Bertz CT molecular complexity index is 1180. The van der Waals surface area contributed by atoms with Crippen LogP contribution in [0.4, 0.5) is 0 Å². The van der Waals surface area contributed by atoms with E-state index >= 15 is 0 Å². The van der Waals surface area contributed by atoms with Crippen molar-refractivity contribution in [1.29, 1.82) is 0 Å². The van der Waals surface area contributed by atoms with Gasteiger partial charge in [-0.1, -0.05) is 22.0 Å². The number of hydrogen-bond acceptors (Lipinski definition) is 7. The maximum atomic E-state index is 13.0. The fourth-order valence-corrected chi connectivity index (χ4v) is 3.65. The summed E-state index contributed by atoms with van der Waals surface area (Å²) < 4.78 is 0.940. The number of nitrogens with zero attached hydrogens (tertiary/aromatic N) is 6. The Morgan fingerprint density at radius 1 is 0.750 bits per heavy atom. The third-order valence-corrected chi connectivity index (χ3v) is 7.38. The van der Waals surface area contributed by atoms with Crippen molar-refractivity contribution in [3.8, 4) is 11.4 Å². The molecule has 32 heavy (non-hydrogen) atoms. The summed E-state index contributed by atoms with van der Waals surface area (Å²) >= 11 is 0. The molecule has 8 heteroatoms. The zero-order valence-corrected chi connectivity index (χ0v) is 20.0. The Morgan fingerprint density at radius 3 is 1.72 bits per heavy atom. The Labute approximate surface area is 188 Å². The van der Waals surface area contributed by atoms with Crippen LogP contribution in [0.25, 0.3) is 11.4 Å². The van der Waals surface area contributed by atoms with Crippen LogP contribution in [-0.2, 0) is 0 Å². The SMILES string of the molecule is CC1(C)N=C(c2cccc(-c3cccc(C4=NC(C)(C)C(C)(C)[N+]4=O)n3)n2)N([O-])C1(C)C. The minimum absolute atomic E-state index is 0.312. The number of hydroxylamine groups is 2. The fraction of sp³-hybridized carbons (Fsp3) is 0.500. The molecule has 8 nitrogen and oxygen atoms in total. The molecule has 4 heterocycles. The third-order valence-electron chi connectivity index (χ3n) is 7.38. The van der Waals surface area contributed by atoms with E-state index in [9.17, 15) is 10.1 Å². The third kappa shape index (κ3) is 3.08. The average Bonchev–Trinajstić information content (AvgIpc) is 3.00. The lowest BCUT2D eigenvalue weighted by Crippen LogP contribution is -2.50. The van der Waals surface area contributed by atoms with Crippen molar-refractivity contribution in [3.63, 3.8) is 0 Å². The van der Waals surface area contributed by atoms with Gasteiger partial charge in [-0.2, -0.15) is 0 Å². The number of pyridine rings is 2. The first-order valence-electron chi connectivity index (χ1n) is 10.8. The number of rotatable bonds is 3. The van der Waals surface area contributed by atoms with E-state index in [2.05, 4.69) is 20.0 Å². The lowest BCUT2D eigenvalue weighted by molar-refractivity contribution is -0.514. The molecule has 0 aliphatic carbocycles. The average molecular weight is 435 g/mol. The molecule has 0 atom stereocenters. The van der Waals surface area contributed by atoms with E-state index in [-0.39, 0.29) is 0 Å². The van der Waals surface area contributed by atoms with Crippen molar-refractivity contribution in [3.05, 3.63) is 57.9 Å². The molecule has 0 saturated heterocycles. The predicted molar refractivity (Wildman–Crippen MR) is 126 cm³/mol. The molecule has 0 spiro atoms. The summed E-state index contributed by atoms with van der Waals surface area (Å²) in [5.41, 5.74) is -0.278. The second-order valence-corrected chi connectivity index (χ2v) is 10.5. The van der Waals surface area contributed by atoms with Gasteiger partial charge in [0.1, 0.15) is 11.5 Å². The largest absolute Gasteiger partial charge is 0.757 e. The van der Waals surface area contributed by atoms with Gasteiger partial charge in [-0.3, -0.25) is 4.99 Å². The van der Waals surface area contributed by atoms with Gasteiger partial charge in [-0.25, -0.2) is 9.97 Å². The van der Waals surface area contributed by atoms with Gasteiger partial charge < -0.3 is 10.3 Å². The summed E-state index contributed by atoms with van der Waals surface area (Å²) in [5.74, 6) is 0.625. The van der Waals surface area contributed by atoms with Crippen LogP contribution < -0.4 is 0 Å². The fourth-order valence-electron chi connectivity index (χ4n) is 3.65. The van der Waals surface area contributed by atoms with Crippen molar-refractivity contribution in [1.82, 2.24) is 15.0 Å². The highest BCUT2D eigenvalue weighted by Gasteiger charge is 2.59. The van der Waals surface area contributed by atoms with Gasteiger partial charge in [0.25, 0.3) is 0 Å². The molecule has 4 rings (SSSR count). The number of aliphatic imine (C=N–C) groups is 2. The molecule has 2 aromatic rings. The molecule has 0 N–H and O–H groups in total. The first-order chi connectivity index (χ1) is 14.7. The minimum Gasteiger partial charge on any atom is -0.757 e. The summed E-state index contributed by atoms with van der Waals surface area (Å²) in [4.78, 5) is 31.6. The van der Waals surface area contributed by atoms with Crippen molar-refractivity contribution in [2.45, 2.75) is 77.5 Å². The summed E-state index contributed by atoms with van der Waals surface area (Å²) in [6, 6.07) is 10.9. The van der Waals surface area contributed by atoms with Crippen LogP contribution >= 0.6 is 0 Å². The topological polar surface area (TPSA) is 96.9 Å². The molecule has 2 aromatic heterocycles. The molecule has 0 unspecified atom stereocenters. The molecule has 0 radical (unpaired) electrons. The van der Waals surface area contributed by atoms with Crippen LogP contribution in [0.1, 0.15) is 66.8 Å². The number of aromatic nitrogens is 2. The molecule has 0 saturated carbocycles. The highest BCUT2D eigenvalue weighted by molar-refractivity contribution is 6.00. The van der Waals surface area contributed by atoms with E-state index in [1.165, 1.54) is 0 Å². The van der Waals surface area contributed by atoms with Crippen molar-refractivity contribution in [2.24, 2.45) is 9.98 Å². The van der Waals surface area contributed by atoms with E-state index < -0.39 is 22.2 Å². The predicted octanol–water partition coefficient (Wildman–Crippen LogP) is 4.36. The highest BCUT2D eigenvalue weighted by Crippen LogP contribution is 2.38. The maximum Gasteiger partial charge on any atom is 0.382 e. The Kier molecular flexibility index (Phi) is 4.68. The molecule has 168 valence electrons.